The zero-order chi connectivity index (χ0) is 24.8. The number of hydrogen-bond acceptors (Lipinski definition) is 9. The molecule has 10 nitrogen and oxygen atoms in total. The standard InChI is InChI=1S/C17H13FN6O2.C6H8N2/c1-7-23-10(6-25)16(26-7)11-13(20)14(21)17(22)24-15(11)9-4-2-3-8(5-19)12(9)18;7-5-6-3-1-2-4-8-6/h2-4,21-22,25H,6,20H2,1H3;1-4H,5,7H2. The first-order chi connectivity index (χ1) is 16.3. The van der Waals surface area contributed by atoms with Crippen LogP contribution in [-0.2, 0) is 13.2 Å². The summed E-state index contributed by atoms with van der Waals surface area (Å²) in [7, 11) is 0. The van der Waals surface area contributed by atoms with Gasteiger partial charge in [-0.3, -0.25) is 15.8 Å². The fraction of sp³-hybridized carbons (Fsp3) is 0.130. The van der Waals surface area contributed by atoms with Crippen LogP contribution >= 0.6 is 0 Å². The lowest BCUT2D eigenvalue weighted by atomic mass is 9.92. The molecule has 0 amide bonds. The molecule has 7 N–H and O–H groups in total. The topological polar surface area (TPSA) is 195 Å². The zero-order valence-corrected chi connectivity index (χ0v) is 18.1. The van der Waals surface area contributed by atoms with Crippen LogP contribution in [0.4, 0.5) is 4.39 Å². The number of oxazole rings is 1. The van der Waals surface area contributed by atoms with E-state index in [-0.39, 0.29) is 51.2 Å². The van der Waals surface area contributed by atoms with E-state index >= 15 is 0 Å². The summed E-state index contributed by atoms with van der Waals surface area (Å²) in [5.41, 5.74) is 11.6. The molecular formula is C23H21FN8O2. The molecule has 1 aliphatic heterocycles. The molecule has 0 saturated heterocycles. The van der Waals surface area contributed by atoms with Gasteiger partial charge in [-0.25, -0.2) is 14.4 Å². The Morgan fingerprint density at radius 2 is 1.97 bits per heavy atom. The average molecular weight is 460 g/mol. The van der Waals surface area contributed by atoms with Crippen molar-refractivity contribution in [2.24, 2.45) is 16.5 Å². The summed E-state index contributed by atoms with van der Waals surface area (Å²) < 4.78 is 20.2. The number of pyridine rings is 1. The number of rotatable bonds is 4. The third-order valence-corrected chi connectivity index (χ3v) is 4.73. The first-order valence-electron chi connectivity index (χ1n) is 9.95. The summed E-state index contributed by atoms with van der Waals surface area (Å²) in [6.07, 6.45) is 1.74. The molecule has 4 rings (SSSR count). The van der Waals surface area contributed by atoms with E-state index in [1.54, 1.807) is 19.2 Å². The smallest absolute Gasteiger partial charge is 0.192 e. The number of nitrogens with two attached hydrogens (primary N) is 2. The molecule has 11 heteroatoms. The van der Waals surface area contributed by atoms with Gasteiger partial charge in [0, 0.05) is 25.2 Å². The van der Waals surface area contributed by atoms with Gasteiger partial charge in [-0.2, -0.15) is 5.26 Å². The molecule has 0 aliphatic carbocycles. The number of aliphatic imine (C=N–C) groups is 1. The van der Waals surface area contributed by atoms with E-state index in [9.17, 15) is 9.50 Å². The maximum Gasteiger partial charge on any atom is 0.192 e. The van der Waals surface area contributed by atoms with Crippen molar-refractivity contribution in [3.05, 3.63) is 88.3 Å². The number of hydrogen-bond donors (Lipinski definition) is 5. The van der Waals surface area contributed by atoms with Crippen LogP contribution in [0.15, 0.2) is 57.7 Å². The molecule has 3 heterocycles. The van der Waals surface area contributed by atoms with Crippen molar-refractivity contribution in [1.29, 1.82) is 16.1 Å². The number of allylic oxidation sites excluding steroid dienone is 1. The van der Waals surface area contributed by atoms with Gasteiger partial charge in [0.1, 0.15) is 23.3 Å². The van der Waals surface area contributed by atoms with Gasteiger partial charge in [-0.05, 0) is 24.3 Å². The highest BCUT2D eigenvalue weighted by molar-refractivity contribution is 6.55. The molecule has 1 aliphatic rings. The number of nitrogens with zero attached hydrogens (tertiary/aromatic N) is 4. The third kappa shape index (κ3) is 4.78. The lowest BCUT2D eigenvalue weighted by Gasteiger charge is -2.19. The molecule has 1 aromatic carbocycles. The van der Waals surface area contributed by atoms with Crippen molar-refractivity contribution in [3.8, 4) is 6.07 Å². The Bertz CT molecular complexity index is 1350. The van der Waals surface area contributed by atoms with Crippen molar-refractivity contribution in [2.75, 3.05) is 0 Å². The number of benzene rings is 1. The highest BCUT2D eigenvalue weighted by Crippen LogP contribution is 2.31. The third-order valence-electron chi connectivity index (χ3n) is 4.73. The van der Waals surface area contributed by atoms with Crippen LogP contribution in [0.5, 0.6) is 0 Å². The summed E-state index contributed by atoms with van der Waals surface area (Å²) in [5.74, 6) is -1.01. The van der Waals surface area contributed by atoms with Crippen LogP contribution in [0.1, 0.15) is 34.2 Å². The average Bonchev–Trinajstić information content (AvgIpc) is 3.23. The quantitative estimate of drug-likeness (QED) is 0.393. The van der Waals surface area contributed by atoms with Crippen molar-refractivity contribution >= 4 is 22.8 Å². The van der Waals surface area contributed by atoms with E-state index in [0.717, 1.165) is 5.69 Å². The molecule has 2 aromatic heterocycles. The lowest BCUT2D eigenvalue weighted by molar-refractivity contribution is 0.276. The van der Waals surface area contributed by atoms with Crippen molar-refractivity contribution in [1.82, 2.24) is 9.97 Å². The summed E-state index contributed by atoms with van der Waals surface area (Å²) in [5, 5.41) is 34.3. The Labute approximate surface area is 194 Å². The lowest BCUT2D eigenvalue weighted by Crippen LogP contribution is -2.29. The molecule has 0 spiro atoms. The first kappa shape index (κ1) is 24.1. The second-order valence-corrected chi connectivity index (χ2v) is 6.94. The van der Waals surface area contributed by atoms with E-state index in [1.807, 2.05) is 18.2 Å². The van der Waals surface area contributed by atoms with Crippen molar-refractivity contribution in [3.63, 3.8) is 0 Å². The maximum absolute atomic E-state index is 14.7. The van der Waals surface area contributed by atoms with Crippen LogP contribution < -0.4 is 11.5 Å². The van der Waals surface area contributed by atoms with E-state index in [4.69, 9.17) is 32.0 Å². The molecule has 0 radical (unpaired) electrons. The number of aromatic nitrogens is 2. The second kappa shape index (κ2) is 10.4. The number of aliphatic hydroxyl groups is 1. The largest absolute Gasteiger partial charge is 0.440 e. The van der Waals surface area contributed by atoms with Crippen LogP contribution in [0, 0.1) is 34.9 Å². The van der Waals surface area contributed by atoms with E-state index in [1.165, 1.54) is 18.2 Å². The van der Waals surface area contributed by atoms with Crippen LogP contribution in [0.3, 0.4) is 0 Å². The summed E-state index contributed by atoms with van der Waals surface area (Å²) in [4.78, 5) is 12.0. The van der Waals surface area contributed by atoms with Gasteiger partial charge >= 0.3 is 0 Å². The SMILES string of the molecule is Cc1nc(CO)c(C2=C(N)C(=N)C(=N)N=C2c2cccc(C#N)c2F)o1.NCc1ccccn1. The van der Waals surface area contributed by atoms with Gasteiger partial charge in [0.15, 0.2) is 17.5 Å². The predicted octanol–water partition coefficient (Wildman–Crippen LogP) is 2.20. The van der Waals surface area contributed by atoms with Gasteiger partial charge in [0.05, 0.1) is 34.8 Å². The fourth-order valence-electron chi connectivity index (χ4n) is 3.12. The van der Waals surface area contributed by atoms with Crippen molar-refractivity contribution < 1.29 is 13.9 Å². The number of halogens is 1. The van der Waals surface area contributed by atoms with Gasteiger partial charge in [-0.1, -0.05) is 12.1 Å². The van der Waals surface area contributed by atoms with Gasteiger partial charge in [0.25, 0.3) is 0 Å². The molecule has 34 heavy (non-hydrogen) atoms. The highest BCUT2D eigenvalue weighted by Gasteiger charge is 2.32. The minimum atomic E-state index is -0.831. The number of nitriles is 1. The number of amidine groups is 1. The molecule has 0 saturated carbocycles. The molecule has 3 aromatic rings. The summed E-state index contributed by atoms with van der Waals surface area (Å²) in [6, 6.07) is 11.6. The van der Waals surface area contributed by atoms with Crippen LogP contribution in [0.2, 0.25) is 0 Å². The Balaban J connectivity index is 0.000000343. The van der Waals surface area contributed by atoms with Crippen LogP contribution in [-0.4, -0.2) is 32.3 Å². The number of dihydropyridines is 1. The number of nitrogens with one attached hydrogen (secondary N) is 2. The Morgan fingerprint density at radius 3 is 2.56 bits per heavy atom. The Hall–Kier alpha value is -4.53. The molecule has 0 fully saturated rings. The Morgan fingerprint density at radius 1 is 1.21 bits per heavy atom. The van der Waals surface area contributed by atoms with Gasteiger partial charge in [0.2, 0.25) is 0 Å². The summed E-state index contributed by atoms with van der Waals surface area (Å²) in [6.45, 7) is 1.62. The number of aliphatic hydroxyl groups excluding tert-OH is 1. The second-order valence-electron chi connectivity index (χ2n) is 6.94. The molecule has 0 unspecified atom stereocenters. The summed E-state index contributed by atoms with van der Waals surface area (Å²) >= 11 is 0. The van der Waals surface area contributed by atoms with Crippen LogP contribution in [0.25, 0.3) is 5.57 Å². The Kier molecular flexibility index (Phi) is 7.37. The fourth-order valence-corrected chi connectivity index (χ4v) is 3.12. The minimum absolute atomic E-state index is 0.0419. The molecular weight excluding hydrogens is 439 g/mol. The van der Waals surface area contributed by atoms with E-state index in [2.05, 4.69) is 15.0 Å². The van der Waals surface area contributed by atoms with Crippen molar-refractivity contribution in [2.45, 2.75) is 20.1 Å². The van der Waals surface area contributed by atoms with Gasteiger partial charge in [-0.15, -0.1) is 0 Å². The minimum Gasteiger partial charge on any atom is -0.440 e. The maximum atomic E-state index is 14.7. The predicted molar refractivity (Wildman–Crippen MR) is 124 cm³/mol. The molecule has 0 atom stereocenters. The van der Waals surface area contributed by atoms with E-state index < -0.39 is 18.3 Å². The molecule has 172 valence electrons. The van der Waals surface area contributed by atoms with E-state index in [0.29, 0.717) is 6.54 Å². The zero-order valence-electron chi connectivity index (χ0n) is 18.1. The first-order valence-corrected chi connectivity index (χ1v) is 9.95. The normalized spacial score (nSPS) is 13.2. The highest BCUT2D eigenvalue weighted by atomic mass is 19.1. The monoisotopic (exact) mass is 460 g/mol. The number of aryl methyl sites for hydroxylation is 1. The molecule has 0 bridgehead atoms. The van der Waals surface area contributed by atoms with Gasteiger partial charge < -0.3 is 21.0 Å².